The number of anilines is 2. The fourth-order valence-electron chi connectivity index (χ4n) is 4.17. The molecule has 0 radical (unpaired) electrons. The summed E-state index contributed by atoms with van der Waals surface area (Å²) < 4.78 is 23.0. The molecule has 2 aliphatic rings. The predicted molar refractivity (Wildman–Crippen MR) is 107 cm³/mol. The molecule has 28 heavy (non-hydrogen) atoms. The lowest BCUT2D eigenvalue weighted by Gasteiger charge is -2.37. The van der Waals surface area contributed by atoms with Gasteiger partial charge in [-0.1, -0.05) is 25.1 Å². The van der Waals surface area contributed by atoms with E-state index in [1.165, 1.54) is 6.20 Å². The molecule has 0 unspecified atom stereocenters. The molecule has 0 N–H and O–H groups in total. The van der Waals surface area contributed by atoms with Crippen LogP contribution >= 0.6 is 0 Å². The lowest BCUT2D eigenvalue weighted by atomic mass is 9.84. The molecule has 0 bridgehead atoms. The molecule has 2 aliphatic heterocycles. The summed E-state index contributed by atoms with van der Waals surface area (Å²) in [4.78, 5) is 31.9. The fourth-order valence-corrected chi connectivity index (χ4v) is 6.41. The molecule has 2 aromatic rings. The van der Waals surface area contributed by atoms with Crippen molar-refractivity contribution in [1.82, 2.24) is 4.98 Å². The van der Waals surface area contributed by atoms with Crippen molar-refractivity contribution < 1.29 is 18.0 Å². The highest BCUT2D eigenvalue weighted by atomic mass is 32.2. The fraction of sp³-hybridized carbons (Fsp3) is 0.381. The molecular weight excluding hydrogens is 376 g/mol. The highest BCUT2D eigenvalue weighted by Gasteiger charge is 2.48. The molecule has 0 saturated carbocycles. The Bertz CT molecular complexity index is 1080. The van der Waals surface area contributed by atoms with Crippen LogP contribution < -0.4 is 4.90 Å². The summed E-state index contributed by atoms with van der Waals surface area (Å²) >= 11 is 0. The summed E-state index contributed by atoms with van der Waals surface area (Å²) in [7, 11) is -3.01. The van der Waals surface area contributed by atoms with Gasteiger partial charge in [0.05, 0.1) is 22.6 Å². The highest BCUT2D eigenvalue weighted by Crippen LogP contribution is 2.44. The maximum absolute atomic E-state index is 13.1. The maximum Gasteiger partial charge on any atom is 0.242 e. The van der Waals surface area contributed by atoms with E-state index in [0.29, 0.717) is 16.9 Å². The van der Waals surface area contributed by atoms with Gasteiger partial charge in [0.25, 0.3) is 0 Å². The van der Waals surface area contributed by atoms with Crippen molar-refractivity contribution >= 4 is 33.0 Å². The van der Waals surface area contributed by atoms with Gasteiger partial charge < -0.3 is 0 Å². The molecule has 1 saturated heterocycles. The molecule has 1 aromatic heterocycles. The highest BCUT2D eigenvalue weighted by molar-refractivity contribution is 7.92. The molecule has 0 spiro atoms. The number of hydrogen-bond acceptors (Lipinski definition) is 5. The molecule has 1 aromatic carbocycles. The number of carbonyl (C=O) groups excluding carboxylic acids is 2. The standard InChI is InChI=1S/C21H22N2O4S/c1-20(2)16-9-14(17(24)10-21(3)12-28(26,27)13-21)11-22-18(16)23(19(20)25)15-7-5-4-6-8-15/h4-9,11H,10,12-13H2,1-3H3. The smallest absolute Gasteiger partial charge is 0.242 e. The number of nitrogens with zero attached hydrogens (tertiary/aromatic N) is 2. The summed E-state index contributed by atoms with van der Waals surface area (Å²) in [6.45, 7) is 5.47. The van der Waals surface area contributed by atoms with Crippen molar-refractivity contribution in [2.45, 2.75) is 32.6 Å². The Hall–Kier alpha value is -2.54. The van der Waals surface area contributed by atoms with Crippen LogP contribution in [0.2, 0.25) is 0 Å². The number of Topliss-reactive ketones (excluding diaryl/α,β-unsaturated/α-hetero) is 1. The topological polar surface area (TPSA) is 84.4 Å². The third-order valence-electron chi connectivity index (χ3n) is 5.55. The first-order valence-electron chi connectivity index (χ1n) is 9.16. The lowest BCUT2D eigenvalue weighted by molar-refractivity contribution is -0.121. The molecule has 1 fully saturated rings. The number of carbonyl (C=O) groups is 2. The Morgan fingerprint density at radius 3 is 2.39 bits per heavy atom. The average Bonchev–Trinajstić information content (AvgIpc) is 2.80. The van der Waals surface area contributed by atoms with Crippen LogP contribution in [0.3, 0.4) is 0 Å². The van der Waals surface area contributed by atoms with Crippen LogP contribution in [0, 0.1) is 5.41 Å². The van der Waals surface area contributed by atoms with Crippen LogP contribution in [0.15, 0.2) is 42.6 Å². The number of rotatable bonds is 4. The molecule has 3 heterocycles. The van der Waals surface area contributed by atoms with Crippen LogP contribution in [0.5, 0.6) is 0 Å². The van der Waals surface area contributed by atoms with Crippen LogP contribution in [0.4, 0.5) is 11.5 Å². The number of fused-ring (bicyclic) bond motifs is 1. The Balaban J connectivity index is 1.68. The molecule has 1 amide bonds. The number of pyridine rings is 1. The van der Waals surface area contributed by atoms with Gasteiger partial charge in [-0.2, -0.15) is 0 Å². The van der Waals surface area contributed by atoms with E-state index in [9.17, 15) is 18.0 Å². The second kappa shape index (κ2) is 5.98. The van der Waals surface area contributed by atoms with Crippen LogP contribution in [-0.2, 0) is 20.0 Å². The van der Waals surface area contributed by atoms with Crippen molar-refractivity contribution in [3.8, 4) is 0 Å². The SMILES string of the molecule is CC1(CC(=O)c2cnc3c(c2)C(C)(C)C(=O)N3c2ccccc2)CS(=O)(=O)C1. The Morgan fingerprint density at radius 1 is 1.14 bits per heavy atom. The number of ketones is 1. The van der Waals surface area contributed by atoms with Crippen LogP contribution in [-0.4, -0.2) is 36.6 Å². The van der Waals surface area contributed by atoms with Gasteiger partial charge in [0.15, 0.2) is 15.6 Å². The van der Waals surface area contributed by atoms with Crippen molar-refractivity contribution in [3.63, 3.8) is 0 Å². The summed E-state index contributed by atoms with van der Waals surface area (Å²) in [6.07, 6.45) is 1.64. The van der Waals surface area contributed by atoms with Gasteiger partial charge in [0, 0.05) is 29.2 Å². The number of benzene rings is 1. The minimum Gasteiger partial charge on any atom is -0.294 e. The third kappa shape index (κ3) is 2.94. The molecule has 6 nitrogen and oxygen atoms in total. The summed E-state index contributed by atoms with van der Waals surface area (Å²) in [5.41, 5.74) is 0.533. The predicted octanol–water partition coefficient (Wildman–Crippen LogP) is 3.05. The van der Waals surface area contributed by atoms with E-state index in [-0.39, 0.29) is 29.6 Å². The van der Waals surface area contributed by atoms with Crippen molar-refractivity contribution in [2.24, 2.45) is 5.41 Å². The van der Waals surface area contributed by atoms with Gasteiger partial charge in [-0.25, -0.2) is 13.4 Å². The minimum absolute atomic E-state index is 0.0376. The van der Waals surface area contributed by atoms with E-state index in [4.69, 9.17) is 0 Å². The van der Waals surface area contributed by atoms with Gasteiger partial charge in [0.1, 0.15) is 5.82 Å². The van der Waals surface area contributed by atoms with E-state index in [2.05, 4.69) is 4.98 Å². The second-order valence-electron chi connectivity index (χ2n) is 8.64. The van der Waals surface area contributed by atoms with Crippen molar-refractivity contribution in [1.29, 1.82) is 0 Å². The minimum atomic E-state index is -3.01. The number of aromatic nitrogens is 1. The summed E-state index contributed by atoms with van der Waals surface area (Å²) in [5, 5.41) is 0. The zero-order valence-electron chi connectivity index (χ0n) is 16.1. The summed E-state index contributed by atoms with van der Waals surface area (Å²) in [5.74, 6) is 0.373. The van der Waals surface area contributed by atoms with Gasteiger partial charge in [0.2, 0.25) is 5.91 Å². The average molecular weight is 398 g/mol. The molecule has 4 rings (SSSR count). The van der Waals surface area contributed by atoms with E-state index < -0.39 is 20.7 Å². The normalized spacial score (nSPS) is 21.1. The van der Waals surface area contributed by atoms with Crippen molar-refractivity contribution in [3.05, 3.63) is 53.7 Å². The second-order valence-corrected chi connectivity index (χ2v) is 10.7. The quantitative estimate of drug-likeness (QED) is 0.739. The van der Waals surface area contributed by atoms with Crippen LogP contribution in [0.1, 0.15) is 43.1 Å². The lowest BCUT2D eigenvalue weighted by Crippen LogP contribution is -2.47. The first-order valence-corrected chi connectivity index (χ1v) is 11.0. The summed E-state index contributed by atoms with van der Waals surface area (Å²) in [6, 6.07) is 11.0. The first-order chi connectivity index (χ1) is 13.0. The number of sulfone groups is 1. The number of hydrogen-bond donors (Lipinski definition) is 0. The van der Waals surface area contributed by atoms with E-state index in [0.717, 1.165) is 5.69 Å². The van der Waals surface area contributed by atoms with E-state index >= 15 is 0 Å². The van der Waals surface area contributed by atoms with Crippen molar-refractivity contribution in [2.75, 3.05) is 16.4 Å². The maximum atomic E-state index is 13.1. The van der Waals surface area contributed by atoms with Gasteiger partial charge in [-0.3, -0.25) is 14.5 Å². The molecular formula is C21H22N2O4S. The molecule has 7 heteroatoms. The van der Waals surface area contributed by atoms with Gasteiger partial charge in [-0.15, -0.1) is 0 Å². The van der Waals surface area contributed by atoms with Gasteiger partial charge >= 0.3 is 0 Å². The third-order valence-corrected chi connectivity index (χ3v) is 7.82. The monoisotopic (exact) mass is 398 g/mol. The number of para-hydroxylation sites is 1. The molecule has 0 aliphatic carbocycles. The molecule has 0 atom stereocenters. The Labute approximate surface area is 164 Å². The zero-order valence-corrected chi connectivity index (χ0v) is 16.9. The first kappa shape index (κ1) is 18.8. The van der Waals surface area contributed by atoms with E-state index in [1.807, 2.05) is 51.1 Å². The van der Waals surface area contributed by atoms with Crippen LogP contribution in [0.25, 0.3) is 0 Å². The molecule has 146 valence electrons. The van der Waals surface area contributed by atoms with Gasteiger partial charge in [-0.05, 0) is 32.0 Å². The Kier molecular flexibility index (Phi) is 4.01. The Morgan fingerprint density at radius 2 is 1.79 bits per heavy atom. The zero-order chi connectivity index (χ0) is 20.3. The van der Waals surface area contributed by atoms with E-state index in [1.54, 1.807) is 11.0 Å². The number of amides is 1. The largest absolute Gasteiger partial charge is 0.294 e.